The summed E-state index contributed by atoms with van der Waals surface area (Å²) in [5.41, 5.74) is 8.12. The molecule has 0 bridgehead atoms. The maximum Gasteiger partial charge on any atom is 0.204 e. The van der Waals surface area contributed by atoms with Crippen LogP contribution in [0.2, 0.25) is 0 Å². The predicted octanol–water partition coefficient (Wildman–Crippen LogP) is 7.80. The second-order valence-corrected chi connectivity index (χ2v) is 9.84. The number of imidazole rings is 1. The highest BCUT2D eigenvalue weighted by atomic mass is 15.5. The maximum absolute atomic E-state index is 5.10. The fourth-order valence-corrected chi connectivity index (χ4v) is 5.19. The number of aryl methyl sites for hydroxylation is 1. The zero-order chi connectivity index (χ0) is 25.7. The van der Waals surface area contributed by atoms with Gasteiger partial charge in [0.1, 0.15) is 0 Å². The van der Waals surface area contributed by atoms with E-state index in [1.54, 1.807) is 0 Å². The molecule has 2 heterocycles. The zero-order valence-corrected chi connectivity index (χ0v) is 21.8. The summed E-state index contributed by atoms with van der Waals surface area (Å²) in [5.74, 6) is 0.935. The third-order valence-corrected chi connectivity index (χ3v) is 7.24. The second kappa shape index (κ2) is 10.9. The first-order valence-corrected chi connectivity index (χ1v) is 13.6. The van der Waals surface area contributed by atoms with E-state index in [0.717, 1.165) is 55.2 Å². The SMILES string of the molecule is CCCCn1c(NCc2ccc(N3N=C(c4ccccc4)C[C@@H]3c3ccccc3)cc2)nc2ccccc21. The molecule has 0 aliphatic carbocycles. The Kier molecular flexibility index (Phi) is 6.90. The maximum atomic E-state index is 5.10. The van der Waals surface area contributed by atoms with Gasteiger partial charge < -0.3 is 9.88 Å². The van der Waals surface area contributed by atoms with Crippen LogP contribution in [0.5, 0.6) is 0 Å². The Morgan fingerprint density at radius 1 is 0.816 bits per heavy atom. The largest absolute Gasteiger partial charge is 0.352 e. The fraction of sp³-hybridized carbons (Fsp3) is 0.212. The molecule has 0 saturated heterocycles. The molecule has 1 aliphatic heterocycles. The van der Waals surface area contributed by atoms with Crippen molar-refractivity contribution in [2.24, 2.45) is 5.10 Å². The molecule has 0 spiro atoms. The molecule has 5 heteroatoms. The van der Waals surface area contributed by atoms with Gasteiger partial charge in [-0.25, -0.2) is 4.98 Å². The molecule has 0 unspecified atom stereocenters. The van der Waals surface area contributed by atoms with Crippen LogP contribution in [0.15, 0.2) is 114 Å². The molecule has 1 N–H and O–H groups in total. The number of nitrogens with one attached hydrogen (secondary N) is 1. The monoisotopic (exact) mass is 499 g/mol. The van der Waals surface area contributed by atoms with Crippen LogP contribution in [0.4, 0.5) is 11.6 Å². The van der Waals surface area contributed by atoms with E-state index >= 15 is 0 Å². The Morgan fingerprint density at radius 3 is 2.29 bits per heavy atom. The third-order valence-electron chi connectivity index (χ3n) is 7.24. The first-order valence-electron chi connectivity index (χ1n) is 13.6. The van der Waals surface area contributed by atoms with Gasteiger partial charge in [0.2, 0.25) is 5.95 Å². The lowest BCUT2D eigenvalue weighted by Crippen LogP contribution is -2.18. The Balaban J connectivity index is 1.23. The van der Waals surface area contributed by atoms with Crippen LogP contribution in [0.1, 0.15) is 48.9 Å². The third kappa shape index (κ3) is 4.92. The molecular formula is C33H33N5. The van der Waals surface area contributed by atoms with Crippen LogP contribution >= 0.6 is 0 Å². The van der Waals surface area contributed by atoms with Crippen molar-refractivity contribution in [2.45, 2.75) is 45.3 Å². The average molecular weight is 500 g/mol. The van der Waals surface area contributed by atoms with Gasteiger partial charge in [-0.05, 0) is 47.4 Å². The van der Waals surface area contributed by atoms with E-state index in [1.165, 1.54) is 22.2 Å². The highest BCUT2D eigenvalue weighted by molar-refractivity contribution is 6.03. The standard InChI is InChI=1S/C33H33N5/c1-2-3-22-37-31-17-11-10-16-29(31)35-33(37)34-24-25-18-20-28(21-19-25)38-32(27-14-8-5-9-15-27)23-30(36-38)26-12-6-4-7-13-26/h4-21,32H,2-3,22-24H2,1H3,(H,34,35)/t32-/m1/s1. The Labute approximate surface area is 224 Å². The van der Waals surface area contributed by atoms with Crippen LogP contribution in [0, 0.1) is 0 Å². The van der Waals surface area contributed by atoms with Crippen molar-refractivity contribution in [1.29, 1.82) is 0 Å². The Hall–Kier alpha value is -4.38. The van der Waals surface area contributed by atoms with Crippen molar-refractivity contribution in [3.63, 3.8) is 0 Å². The van der Waals surface area contributed by atoms with Crippen molar-refractivity contribution < 1.29 is 0 Å². The first-order chi connectivity index (χ1) is 18.8. The number of rotatable bonds is 9. The average Bonchev–Trinajstić information content (AvgIpc) is 3.58. The van der Waals surface area contributed by atoms with Crippen LogP contribution in [-0.4, -0.2) is 15.3 Å². The first kappa shape index (κ1) is 24.0. The van der Waals surface area contributed by atoms with Crippen molar-refractivity contribution in [3.8, 4) is 0 Å². The topological polar surface area (TPSA) is 45.5 Å². The minimum absolute atomic E-state index is 0.175. The summed E-state index contributed by atoms with van der Waals surface area (Å²) in [5, 5.41) is 10.9. The van der Waals surface area contributed by atoms with Gasteiger partial charge in [-0.15, -0.1) is 0 Å². The molecule has 0 saturated carbocycles. The van der Waals surface area contributed by atoms with Crippen LogP contribution in [0.3, 0.4) is 0 Å². The molecular weight excluding hydrogens is 466 g/mol. The summed E-state index contributed by atoms with van der Waals surface area (Å²) < 4.78 is 2.31. The number of anilines is 2. The molecule has 0 fully saturated rings. The highest BCUT2D eigenvalue weighted by Crippen LogP contribution is 2.36. The minimum Gasteiger partial charge on any atom is -0.352 e. The number of fused-ring (bicyclic) bond motifs is 1. The molecule has 1 aromatic heterocycles. The van der Waals surface area contributed by atoms with E-state index < -0.39 is 0 Å². The molecule has 1 atom stereocenters. The highest BCUT2D eigenvalue weighted by Gasteiger charge is 2.29. The van der Waals surface area contributed by atoms with Gasteiger partial charge >= 0.3 is 0 Å². The number of aromatic nitrogens is 2. The number of unbranched alkanes of at least 4 members (excludes halogenated alkanes) is 1. The van der Waals surface area contributed by atoms with Crippen molar-refractivity contribution in [1.82, 2.24) is 9.55 Å². The Morgan fingerprint density at radius 2 is 1.53 bits per heavy atom. The van der Waals surface area contributed by atoms with Gasteiger partial charge in [0.25, 0.3) is 0 Å². The summed E-state index contributed by atoms with van der Waals surface area (Å²) in [6.45, 7) is 3.91. The zero-order valence-electron chi connectivity index (χ0n) is 21.8. The van der Waals surface area contributed by atoms with Crippen LogP contribution < -0.4 is 10.3 Å². The molecule has 6 rings (SSSR count). The molecule has 38 heavy (non-hydrogen) atoms. The lowest BCUT2D eigenvalue weighted by molar-refractivity contribution is 0.649. The lowest BCUT2D eigenvalue weighted by Gasteiger charge is -2.24. The molecule has 1 aliphatic rings. The van der Waals surface area contributed by atoms with Gasteiger partial charge in [0.15, 0.2) is 0 Å². The van der Waals surface area contributed by atoms with Gasteiger partial charge in [-0.3, -0.25) is 5.01 Å². The minimum atomic E-state index is 0.175. The summed E-state index contributed by atoms with van der Waals surface area (Å²) in [6, 6.07) is 38.5. The number of hydrazone groups is 1. The molecule has 4 aromatic carbocycles. The normalized spacial score (nSPS) is 15.1. The van der Waals surface area contributed by atoms with Gasteiger partial charge in [-0.1, -0.05) is 98.3 Å². The van der Waals surface area contributed by atoms with Crippen LogP contribution in [-0.2, 0) is 13.1 Å². The van der Waals surface area contributed by atoms with E-state index in [1.807, 2.05) is 0 Å². The Bertz CT molecular complexity index is 1520. The molecule has 190 valence electrons. The van der Waals surface area contributed by atoms with E-state index in [9.17, 15) is 0 Å². The van der Waals surface area contributed by atoms with Gasteiger partial charge in [0, 0.05) is 19.5 Å². The number of benzene rings is 4. The summed E-state index contributed by atoms with van der Waals surface area (Å²) >= 11 is 0. The molecule has 0 radical (unpaired) electrons. The van der Waals surface area contributed by atoms with Crippen LogP contribution in [0.25, 0.3) is 11.0 Å². The molecule has 5 nitrogen and oxygen atoms in total. The molecule has 0 amide bonds. The summed E-state index contributed by atoms with van der Waals surface area (Å²) in [7, 11) is 0. The number of para-hydroxylation sites is 2. The number of hydrogen-bond acceptors (Lipinski definition) is 4. The second-order valence-electron chi connectivity index (χ2n) is 9.84. The number of nitrogens with zero attached hydrogens (tertiary/aromatic N) is 4. The van der Waals surface area contributed by atoms with E-state index in [0.29, 0.717) is 0 Å². The van der Waals surface area contributed by atoms with Gasteiger partial charge in [0.05, 0.1) is 28.5 Å². The fourth-order valence-electron chi connectivity index (χ4n) is 5.19. The van der Waals surface area contributed by atoms with Crippen molar-refractivity contribution >= 4 is 28.4 Å². The van der Waals surface area contributed by atoms with E-state index in [4.69, 9.17) is 10.1 Å². The smallest absolute Gasteiger partial charge is 0.204 e. The molecule has 5 aromatic rings. The van der Waals surface area contributed by atoms with E-state index in [-0.39, 0.29) is 6.04 Å². The van der Waals surface area contributed by atoms with Crippen molar-refractivity contribution in [3.05, 3.63) is 126 Å². The lowest BCUT2D eigenvalue weighted by atomic mass is 9.98. The van der Waals surface area contributed by atoms with E-state index in [2.05, 4.69) is 131 Å². The number of hydrogen-bond donors (Lipinski definition) is 1. The van der Waals surface area contributed by atoms with Gasteiger partial charge in [-0.2, -0.15) is 5.10 Å². The summed E-state index contributed by atoms with van der Waals surface area (Å²) in [4.78, 5) is 4.87. The summed E-state index contributed by atoms with van der Waals surface area (Å²) in [6.07, 6.45) is 3.17. The van der Waals surface area contributed by atoms with Crippen molar-refractivity contribution in [2.75, 3.05) is 10.3 Å². The quantitative estimate of drug-likeness (QED) is 0.225. The predicted molar refractivity (Wildman–Crippen MR) is 158 cm³/mol.